The van der Waals surface area contributed by atoms with E-state index in [-0.39, 0.29) is 5.41 Å². The Bertz CT molecular complexity index is 695. The summed E-state index contributed by atoms with van der Waals surface area (Å²) in [5.41, 5.74) is 8.45. The molecule has 1 aliphatic rings. The average Bonchev–Trinajstić information content (AvgIpc) is 2.66. The third kappa shape index (κ3) is 2.07. The molecule has 0 unspecified atom stereocenters. The van der Waals surface area contributed by atoms with E-state index in [1.54, 1.807) is 0 Å². The zero-order chi connectivity index (χ0) is 15.4. The van der Waals surface area contributed by atoms with Crippen molar-refractivity contribution >= 4 is 5.69 Å². The van der Waals surface area contributed by atoms with E-state index in [0.29, 0.717) is 6.04 Å². The van der Waals surface area contributed by atoms with Crippen LogP contribution in [0.3, 0.4) is 0 Å². The summed E-state index contributed by atoms with van der Waals surface area (Å²) in [4.78, 5) is 2.34. The lowest BCUT2D eigenvalue weighted by Gasteiger charge is -2.27. The molecule has 0 spiro atoms. The molecule has 0 heterocycles. The predicted molar refractivity (Wildman–Crippen MR) is 92.3 cm³/mol. The van der Waals surface area contributed by atoms with E-state index in [1.165, 1.54) is 33.5 Å². The van der Waals surface area contributed by atoms with Crippen molar-refractivity contribution in [3.8, 4) is 11.1 Å². The number of nitrogens with zero attached hydrogens (tertiary/aromatic N) is 1. The van der Waals surface area contributed by atoms with Gasteiger partial charge in [-0.1, -0.05) is 43.7 Å². The highest BCUT2D eigenvalue weighted by Crippen LogP contribution is 2.49. The first kappa shape index (κ1) is 14.2. The van der Waals surface area contributed by atoms with Crippen molar-refractivity contribution in [2.75, 3.05) is 11.9 Å². The number of benzene rings is 2. The molecule has 0 atom stereocenters. The summed E-state index contributed by atoms with van der Waals surface area (Å²) >= 11 is 0. The number of rotatable bonds is 2. The Morgan fingerprint density at radius 3 is 2.10 bits per heavy atom. The minimum Gasteiger partial charge on any atom is -0.372 e. The SMILES string of the molecule is Cc1ccc2c(c1)C(C)(C)c1cc(N(C)C(C)C)ccc1-2. The second-order valence-electron chi connectivity index (χ2n) is 7.11. The zero-order valence-electron chi connectivity index (χ0n) is 14.0. The summed E-state index contributed by atoms with van der Waals surface area (Å²) in [6.07, 6.45) is 0. The van der Waals surface area contributed by atoms with Crippen LogP contribution in [0.15, 0.2) is 36.4 Å². The molecular formula is C20H25N. The number of anilines is 1. The fourth-order valence-electron chi connectivity index (χ4n) is 3.36. The van der Waals surface area contributed by atoms with Crippen LogP contribution in [0.4, 0.5) is 5.69 Å². The van der Waals surface area contributed by atoms with Gasteiger partial charge in [0.1, 0.15) is 0 Å². The molecule has 0 N–H and O–H groups in total. The van der Waals surface area contributed by atoms with Crippen LogP contribution in [0.5, 0.6) is 0 Å². The van der Waals surface area contributed by atoms with Crippen LogP contribution in [0.25, 0.3) is 11.1 Å². The summed E-state index contributed by atoms with van der Waals surface area (Å²) in [6, 6.07) is 14.3. The fourth-order valence-corrected chi connectivity index (χ4v) is 3.36. The lowest BCUT2D eigenvalue weighted by atomic mass is 9.82. The zero-order valence-corrected chi connectivity index (χ0v) is 14.0. The van der Waals surface area contributed by atoms with Crippen LogP contribution < -0.4 is 4.90 Å². The Hall–Kier alpha value is -1.76. The van der Waals surface area contributed by atoms with Crippen molar-refractivity contribution in [1.82, 2.24) is 0 Å². The third-order valence-corrected chi connectivity index (χ3v) is 5.00. The molecule has 21 heavy (non-hydrogen) atoms. The number of hydrogen-bond donors (Lipinski definition) is 0. The van der Waals surface area contributed by atoms with Gasteiger partial charge in [-0.05, 0) is 55.2 Å². The van der Waals surface area contributed by atoms with Crippen molar-refractivity contribution in [2.45, 2.75) is 46.1 Å². The van der Waals surface area contributed by atoms with Crippen molar-refractivity contribution < 1.29 is 0 Å². The second kappa shape index (κ2) is 4.62. The van der Waals surface area contributed by atoms with Gasteiger partial charge in [0.05, 0.1) is 0 Å². The summed E-state index contributed by atoms with van der Waals surface area (Å²) < 4.78 is 0. The number of fused-ring (bicyclic) bond motifs is 3. The van der Waals surface area contributed by atoms with Crippen LogP contribution in [-0.2, 0) is 5.41 Å². The first-order valence-electron chi connectivity index (χ1n) is 7.81. The first-order chi connectivity index (χ1) is 9.82. The van der Waals surface area contributed by atoms with Crippen LogP contribution in [0.2, 0.25) is 0 Å². The number of hydrogen-bond acceptors (Lipinski definition) is 1. The molecule has 1 nitrogen and oxygen atoms in total. The van der Waals surface area contributed by atoms with E-state index in [4.69, 9.17) is 0 Å². The third-order valence-electron chi connectivity index (χ3n) is 5.00. The highest BCUT2D eigenvalue weighted by atomic mass is 15.1. The van der Waals surface area contributed by atoms with E-state index in [1.807, 2.05) is 0 Å². The molecule has 110 valence electrons. The molecule has 0 bridgehead atoms. The number of aryl methyl sites for hydroxylation is 1. The molecular weight excluding hydrogens is 254 g/mol. The van der Waals surface area contributed by atoms with Gasteiger partial charge in [-0.3, -0.25) is 0 Å². The van der Waals surface area contributed by atoms with Crippen LogP contribution >= 0.6 is 0 Å². The molecule has 1 heteroatoms. The van der Waals surface area contributed by atoms with E-state index in [9.17, 15) is 0 Å². The Kier molecular flexibility index (Phi) is 3.12. The van der Waals surface area contributed by atoms with E-state index >= 15 is 0 Å². The molecule has 0 amide bonds. The van der Waals surface area contributed by atoms with Crippen LogP contribution in [0.1, 0.15) is 44.4 Å². The van der Waals surface area contributed by atoms with Crippen LogP contribution in [0, 0.1) is 6.92 Å². The van der Waals surface area contributed by atoms with Gasteiger partial charge in [0.15, 0.2) is 0 Å². The van der Waals surface area contributed by atoms with Gasteiger partial charge in [0, 0.05) is 24.2 Å². The minimum absolute atomic E-state index is 0.0878. The summed E-state index contributed by atoms with van der Waals surface area (Å²) in [5.74, 6) is 0. The fraction of sp³-hybridized carbons (Fsp3) is 0.400. The van der Waals surface area contributed by atoms with Crippen molar-refractivity contribution in [3.63, 3.8) is 0 Å². The monoisotopic (exact) mass is 279 g/mol. The highest BCUT2D eigenvalue weighted by Gasteiger charge is 2.35. The Morgan fingerprint density at radius 2 is 1.48 bits per heavy atom. The molecule has 1 aliphatic carbocycles. The topological polar surface area (TPSA) is 3.24 Å². The Labute approximate surface area is 128 Å². The predicted octanol–water partition coefficient (Wildman–Crippen LogP) is 5.15. The summed E-state index contributed by atoms with van der Waals surface area (Å²) in [5, 5.41) is 0. The van der Waals surface area contributed by atoms with Gasteiger partial charge < -0.3 is 4.90 Å². The Balaban J connectivity index is 2.18. The highest BCUT2D eigenvalue weighted by molar-refractivity contribution is 5.82. The second-order valence-corrected chi connectivity index (χ2v) is 7.11. The van der Waals surface area contributed by atoms with Gasteiger partial charge in [-0.15, -0.1) is 0 Å². The van der Waals surface area contributed by atoms with Gasteiger partial charge in [-0.25, -0.2) is 0 Å². The maximum absolute atomic E-state index is 2.38. The largest absolute Gasteiger partial charge is 0.372 e. The van der Waals surface area contributed by atoms with Gasteiger partial charge in [0.25, 0.3) is 0 Å². The van der Waals surface area contributed by atoms with Gasteiger partial charge in [0.2, 0.25) is 0 Å². The van der Waals surface area contributed by atoms with Crippen molar-refractivity contribution in [2.24, 2.45) is 0 Å². The molecule has 3 rings (SSSR count). The maximum atomic E-state index is 2.38. The first-order valence-corrected chi connectivity index (χ1v) is 7.81. The minimum atomic E-state index is 0.0878. The summed E-state index contributed by atoms with van der Waals surface area (Å²) in [6.45, 7) is 11.3. The van der Waals surface area contributed by atoms with Gasteiger partial charge in [-0.2, -0.15) is 0 Å². The normalized spacial score (nSPS) is 15.0. The molecule has 2 aromatic carbocycles. The average molecular weight is 279 g/mol. The molecule has 0 aromatic heterocycles. The van der Waals surface area contributed by atoms with E-state index in [2.05, 4.69) is 83.0 Å². The smallest absolute Gasteiger partial charge is 0.0369 e. The molecule has 0 saturated carbocycles. The quantitative estimate of drug-likeness (QED) is 0.735. The lowest BCUT2D eigenvalue weighted by Crippen LogP contribution is -2.26. The van der Waals surface area contributed by atoms with E-state index < -0.39 is 0 Å². The van der Waals surface area contributed by atoms with E-state index in [0.717, 1.165) is 0 Å². The van der Waals surface area contributed by atoms with Crippen molar-refractivity contribution in [1.29, 1.82) is 0 Å². The van der Waals surface area contributed by atoms with Crippen molar-refractivity contribution in [3.05, 3.63) is 53.1 Å². The molecule has 2 aromatic rings. The lowest BCUT2D eigenvalue weighted by molar-refractivity contribution is 0.658. The maximum Gasteiger partial charge on any atom is 0.0369 e. The molecule has 0 saturated heterocycles. The van der Waals surface area contributed by atoms with Crippen LogP contribution in [-0.4, -0.2) is 13.1 Å². The molecule has 0 aliphatic heterocycles. The van der Waals surface area contributed by atoms with Gasteiger partial charge >= 0.3 is 0 Å². The Morgan fingerprint density at radius 1 is 0.905 bits per heavy atom. The summed E-state index contributed by atoms with van der Waals surface area (Å²) in [7, 11) is 2.17. The molecule has 0 fully saturated rings. The standard InChI is InChI=1S/C20H25N/c1-13(2)21(6)15-8-10-17-16-9-7-14(3)11-18(16)20(4,5)19(17)12-15/h7-13H,1-6H3. The molecule has 0 radical (unpaired) electrons.